The molecule has 7 nitrogen and oxygen atoms in total. The number of benzene rings is 2. The number of rotatable bonds is 7. The lowest BCUT2D eigenvalue weighted by Crippen LogP contribution is -2.32. The first kappa shape index (κ1) is 21.2. The Kier molecular flexibility index (Phi) is 6.26. The molecule has 0 atom stereocenters. The summed E-state index contributed by atoms with van der Waals surface area (Å²) in [6.07, 6.45) is 3.19. The molecule has 0 spiro atoms. The van der Waals surface area contributed by atoms with Crippen LogP contribution in [0.15, 0.2) is 79.1 Å². The molecular weight excluding hydrogens is 402 g/mol. The summed E-state index contributed by atoms with van der Waals surface area (Å²) in [4.78, 5) is 37.8. The molecule has 4 aromatic rings. The summed E-state index contributed by atoms with van der Waals surface area (Å²) in [6, 6.07) is 21.0. The predicted octanol–water partition coefficient (Wildman–Crippen LogP) is 3.36. The third-order valence-corrected chi connectivity index (χ3v) is 5.37. The summed E-state index contributed by atoms with van der Waals surface area (Å²) in [5, 5.41) is 0. The molecule has 2 aromatic heterocycles. The highest BCUT2D eigenvalue weighted by molar-refractivity contribution is 5.93. The van der Waals surface area contributed by atoms with Crippen molar-refractivity contribution in [2.45, 2.75) is 19.6 Å². The molecule has 4 rings (SSSR count). The van der Waals surface area contributed by atoms with Gasteiger partial charge >= 0.3 is 0 Å². The topological polar surface area (TPSA) is 71.3 Å². The minimum Gasteiger partial charge on any atom is -0.340 e. The van der Waals surface area contributed by atoms with Gasteiger partial charge in [0.05, 0.1) is 17.6 Å². The summed E-state index contributed by atoms with van der Waals surface area (Å²) in [5.74, 6) is 0.512. The van der Waals surface area contributed by atoms with Gasteiger partial charge in [0.1, 0.15) is 12.4 Å². The van der Waals surface area contributed by atoms with Crippen LogP contribution in [0.25, 0.3) is 11.0 Å². The van der Waals surface area contributed by atoms with Gasteiger partial charge in [0.25, 0.3) is 5.91 Å². The van der Waals surface area contributed by atoms with E-state index in [4.69, 9.17) is 4.98 Å². The summed E-state index contributed by atoms with van der Waals surface area (Å²) in [6.45, 7) is 0.962. The van der Waals surface area contributed by atoms with Crippen molar-refractivity contribution in [3.63, 3.8) is 0 Å². The lowest BCUT2D eigenvalue weighted by molar-refractivity contribution is -0.131. The maximum Gasteiger partial charge on any atom is 0.254 e. The number of pyridine rings is 1. The molecule has 0 radical (unpaired) electrons. The minimum absolute atomic E-state index is 0.0265. The Bertz CT molecular complexity index is 1220. The fourth-order valence-electron chi connectivity index (χ4n) is 3.62. The fraction of sp³-hybridized carbons (Fsp3) is 0.200. The average Bonchev–Trinajstić information content (AvgIpc) is 3.16. The molecule has 162 valence electrons. The molecule has 0 aliphatic rings. The van der Waals surface area contributed by atoms with Crippen molar-refractivity contribution in [2.75, 3.05) is 14.1 Å². The van der Waals surface area contributed by atoms with Crippen LogP contribution in [0.5, 0.6) is 0 Å². The van der Waals surface area contributed by atoms with E-state index in [9.17, 15) is 9.59 Å². The Balaban J connectivity index is 1.56. The summed E-state index contributed by atoms with van der Waals surface area (Å²) in [7, 11) is 3.53. The largest absolute Gasteiger partial charge is 0.340 e. The number of hydrogen-bond donors (Lipinski definition) is 0. The van der Waals surface area contributed by atoms with Crippen LogP contribution in [0, 0.1) is 0 Å². The van der Waals surface area contributed by atoms with Gasteiger partial charge in [-0.25, -0.2) is 4.98 Å². The molecule has 7 heteroatoms. The fourth-order valence-corrected chi connectivity index (χ4v) is 3.62. The molecule has 2 heterocycles. The Labute approximate surface area is 186 Å². The smallest absolute Gasteiger partial charge is 0.254 e. The molecule has 0 unspecified atom stereocenters. The zero-order valence-corrected chi connectivity index (χ0v) is 18.2. The zero-order chi connectivity index (χ0) is 22.5. The minimum atomic E-state index is -0.126. The van der Waals surface area contributed by atoms with Crippen molar-refractivity contribution in [1.82, 2.24) is 24.3 Å². The Morgan fingerprint density at radius 2 is 1.53 bits per heavy atom. The number of aromatic nitrogens is 3. The Hall–Kier alpha value is -4.00. The summed E-state index contributed by atoms with van der Waals surface area (Å²) >= 11 is 0. The van der Waals surface area contributed by atoms with Gasteiger partial charge in [-0.15, -0.1) is 0 Å². The van der Waals surface area contributed by atoms with Crippen LogP contribution in [0.1, 0.15) is 21.7 Å². The third-order valence-electron chi connectivity index (χ3n) is 5.37. The standard InChI is InChI=1S/C25H25N5O2/c1-28(16-19-8-4-3-5-9-19)24(31)18-30-22-11-7-6-10-21(22)27-23(30)17-29(2)25(32)20-12-14-26-15-13-20/h3-15H,16-18H2,1-2H3. The quantitative estimate of drug-likeness (QED) is 0.453. The number of carbonyl (C=O) groups excluding carboxylic acids is 2. The molecular formula is C25H25N5O2. The van der Waals surface area contributed by atoms with Crippen LogP contribution in [-0.4, -0.2) is 50.2 Å². The van der Waals surface area contributed by atoms with Crippen LogP contribution in [0.2, 0.25) is 0 Å². The lowest BCUT2D eigenvalue weighted by atomic mass is 10.2. The second kappa shape index (κ2) is 9.43. The van der Waals surface area contributed by atoms with E-state index in [2.05, 4.69) is 4.98 Å². The number of hydrogen-bond acceptors (Lipinski definition) is 4. The van der Waals surface area contributed by atoms with Crippen molar-refractivity contribution < 1.29 is 9.59 Å². The van der Waals surface area contributed by atoms with Crippen LogP contribution >= 0.6 is 0 Å². The van der Waals surface area contributed by atoms with E-state index in [1.54, 1.807) is 48.4 Å². The van der Waals surface area contributed by atoms with Gasteiger partial charge in [0, 0.05) is 38.6 Å². The predicted molar refractivity (Wildman–Crippen MR) is 123 cm³/mol. The first-order valence-corrected chi connectivity index (χ1v) is 10.4. The molecule has 0 N–H and O–H groups in total. The average molecular weight is 428 g/mol. The van der Waals surface area contributed by atoms with Gasteiger partial charge in [-0.2, -0.15) is 0 Å². The Morgan fingerprint density at radius 3 is 2.28 bits per heavy atom. The number of nitrogens with zero attached hydrogens (tertiary/aromatic N) is 5. The molecule has 2 amide bonds. The van der Waals surface area contributed by atoms with Gasteiger partial charge in [0.15, 0.2) is 0 Å². The first-order valence-electron chi connectivity index (χ1n) is 10.4. The zero-order valence-electron chi connectivity index (χ0n) is 18.2. The van der Waals surface area contributed by atoms with Crippen LogP contribution in [0.3, 0.4) is 0 Å². The van der Waals surface area contributed by atoms with Gasteiger partial charge in [-0.1, -0.05) is 42.5 Å². The van der Waals surface area contributed by atoms with Crippen molar-refractivity contribution in [1.29, 1.82) is 0 Å². The molecule has 0 aliphatic carbocycles. The molecule has 32 heavy (non-hydrogen) atoms. The van der Waals surface area contributed by atoms with Crippen LogP contribution in [-0.2, 0) is 24.4 Å². The van der Waals surface area contributed by atoms with E-state index in [0.29, 0.717) is 17.9 Å². The third kappa shape index (κ3) is 4.67. The second-order valence-electron chi connectivity index (χ2n) is 7.74. The second-order valence-corrected chi connectivity index (χ2v) is 7.74. The number of fused-ring (bicyclic) bond motifs is 1. The van der Waals surface area contributed by atoms with Gasteiger partial charge in [-0.05, 0) is 29.8 Å². The lowest BCUT2D eigenvalue weighted by Gasteiger charge is -2.20. The number of likely N-dealkylation sites (N-methyl/N-ethyl adjacent to an activating group) is 1. The maximum absolute atomic E-state index is 13.0. The van der Waals surface area contributed by atoms with E-state index in [1.165, 1.54) is 0 Å². The summed E-state index contributed by atoms with van der Waals surface area (Å²) in [5.41, 5.74) is 3.30. The van der Waals surface area contributed by atoms with Crippen molar-refractivity contribution >= 4 is 22.8 Å². The van der Waals surface area contributed by atoms with E-state index >= 15 is 0 Å². The Morgan fingerprint density at radius 1 is 0.844 bits per heavy atom. The molecule has 0 aliphatic heterocycles. The van der Waals surface area contributed by atoms with Gasteiger partial charge in [0.2, 0.25) is 5.91 Å². The molecule has 0 saturated heterocycles. The van der Waals surface area contributed by atoms with Gasteiger partial charge in [-0.3, -0.25) is 14.6 Å². The van der Waals surface area contributed by atoms with Crippen molar-refractivity contribution in [3.8, 4) is 0 Å². The molecule has 2 aromatic carbocycles. The number of amides is 2. The van der Waals surface area contributed by atoms with Crippen molar-refractivity contribution in [2.24, 2.45) is 0 Å². The number of carbonyl (C=O) groups is 2. The number of para-hydroxylation sites is 2. The monoisotopic (exact) mass is 427 g/mol. The normalized spacial score (nSPS) is 10.8. The SMILES string of the molecule is CN(Cc1ccccc1)C(=O)Cn1c(CN(C)C(=O)c2ccncc2)nc2ccccc21. The first-order chi connectivity index (χ1) is 15.5. The van der Waals surface area contributed by atoms with Crippen LogP contribution < -0.4 is 0 Å². The number of imidazole rings is 1. The van der Waals surface area contributed by atoms with Crippen molar-refractivity contribution in [3.05, 3.63) is 96.1 Å². The van der Waals surface area contributed by atoms with Crippen LogP contribution in [0.4, 0.5) is 0 Å². The van der Waals surface area contributed by atoms with E-state index in [-0.39, 0.29) is 24.9 Å². The summed E-state index contributed by atoms with van der Waals surface area (Å²) < 4.78 is 1.90. The molecule has 0 saturated carbocycles. The van der Waals surface area contributed by atoms with Gasteiger partial charge < -0.3 is 14.4 Å². The van der Waals surface area contributed by atoms with E-state index in [1.807, 2.05) is 59.2 Å². The van der Waals surface area contributed by atoms with E-state index < -0.39 is 0 Å². The molecule has 0 fully saturated rings. The highest BCUT2D eigenvalue weighted by Crippen LogP contribution is 2.18. The molecule has 0 bridgehead atoms. The maximum atomic E-state index is 13.0. The van der Waals surface area contributed by atoms with E-state index in [0.717, 1.165) is 16.6 Å². The highest BCUT2D eigenvalue weighted by Gasteiger charge is 2.19. The highest BCUT2D eigenvalue weighted by atomic mass is 16.2.